The molecule has 2 rings (SSSR count). The summed E-state index contributed by atoms with van der Waals surface area (Å²) in [5.41, 5.74) is 1.29. The van der Waals surface area contributed by atoms with E-state index in [-0.39, 0.29) is 18.0 Å². The number of halogens is 2. The lowest BCUT2D eigenvalue weighted by Gasteiger charge is -2.28. The van der Waals surface area contributed by atoms with E-state index in [0.717, 1.165) is 24.0 Å². The van der Waals surface area contributed by atoms with Crippen LogP contribution in [0.1, 0.15) is 44.7 Å². The molecule has 1 aliphatic heterocycles. The average molecular weight is 372 g/mol. The van der Waals surface area contributed by atoms with E-state index in [9.17, 15) is 9.18 Å². The lowest BCUT2D eigenvalue weighted by atomic mass is 10.0. The van der Waals surface area contributed by atoms with Crippen LogP contribution in [0, 0.1) is 12.7 Å². The quantitative estimate of drug-likeness (QED) is 0.744. The van der Waals surface area contributed by atoms with E-state index in [1.807, 2.05) is 33.8 Å². The van der Waals surface area contributed by atoms with E-state index >= 15 is 0 Å². The van der Waals surface area contributed by atoms with Crippen LogP contribution >= 0.6 is 15.9 Å². The summed E-state index contributed by atoms with van der Waals surface area (Å²) in [5.74, 6) is -0.253. The van der Waals surface area contributed by atoms with Crippen molar-refractivity contribution >= 4 is 22.0 Å². The highest BCUT2D eigenvalue weighted by Crippen LogP contribution is 2.27. The number of benzene rings is 1. The van der Waals surface area contributed by atoms with Crippen molar-refractivity contribution in [3.63, 3.8) is 0 Å². The molecule has 0 aromatic heterocycles. The Morgan fingerprint density at radius 3 is 2.73 bits per heavy atom. The smallest absolute Gasteiger partial charge is 0.410 e. The van der Waals surface area contributed by atoms with Crippen LogP contribution < -0.4 is 0 Å². The third kappa shape index (κ3) is 4.22. The van der Waals surface area contributed by atoms with Gasteiger partial charge in [-0.15, -0.1) is 0 Å². The molecule has 22 heavy (non-hydrogen) atoms. The molecular weight excluding hydrogens is 349 g/mol. The Hall–Kier alpha value is -1.10. The van der Waals surface area contributed by atoms with Crippen molar-refractivity contribution in [2.24, 2.45) is 0 Å². The van der Waals surface area contributed by atoms with Crippen molar-refractivity contribution in [1.82, 2.24) is 4.90 Å². The predicted molar refractivity (Wildman–Crippen MR) is 88.5 cm³/mol. The van der Waals surface area contributed by atoms with E-state index in [2.05, 4.69) is 15.9 Å². The van der Waals surface area contributed by atoms with Gasteiger partial charge in [0.1, 0.15) is 11.4 Å². The summed E-state index contributed by atoms with van der Waals surface area (Å²) in [4.78, 5) is 14.0. The van der Waals surface area contributed by atoms with Crippen molar-refractivity contribution in [2.45, 2.75) is 58.6 Å². The molecule has 1 unspecified atom stereocenters. The van der Waals surface area contributed by atoms with Gasteiger partial charge in [0.15, 0.2) is 0 Å². The molecule has 1 saturated heterocycles. The van der Waals surface area contributed by atoms with Crippen molar-refractivity contribution in [3.8, 4) is 0 Å². The Labute approximate surface area is 140 Å². The van der Waals surface area contributed by atoms with E-state index in [4.69, 9.17) is 4.74 Å². The molecule has 5 heteroatoms. The molecule has 1 aromatic carbocycles. The van der Waals surface area contributed by atoms with Crippen LogP contribution in [0.3, 0.4) is 0 Å². The summed E-state index contributed by atoms with van der Waals surface area (Å²) >= 11 is 3.23. The van der Waals surface area contributed by atoms with Crippen LogP contribution in [0.25, 0.3) is 0 Å². The zero-order valence-corrected chi connectivity index (χ0v) is 15.2. The molecule has 1 amide bonds. The summed E-state index contributed by atoms with van der Waals surface area (Å²) in [6.07, 6.45) is 2.27. The number of likely N-dealkylation sites (tertiary alicyclic amines) is 1. The van der Waals surface area contributed by atoms with Crippen LogP contribution in [0.2, 0.25) is 0 Å². The van der Waals surface area contributed by atoms with Gasteiger partial charge in [0.05, 0.1) is 4.47 Å². The molecule has 1 aliphatic rings. The highest BCUT2D eigenvalue weighted by atomic mass is 79.9. The Morgan fingerprint density at radius 2 is 2.14 bits per heavy atom. The van der Waals surface area contributed by atoms with Gasteiger partial charge in [-0.2, -0.15) is 0 Å². The Bertz CT molecular complexity index is 545. The highest BCUT2D eigenvalue weighted by molar-refractivity contribution is 9.10. The molecule has 0 N–H and O–H groups in total. The molecular formula is C17H23BrFNO2. The summed E-state index contributed by atoms with van der Waals surface area (Å²) in [6, 6.07) is 3.59. The Kier molecular flexibility index (Phi) is 5.15. The normalized spacial score (nSPS) is 18.6. The van der Waals surface area contributed by atoms with Gasteiger partial charge < -0.3 is 9.64 Å². The minimum atomic E-state index is -0.496. The summed E-state index contributed by atoms with van der Waals surface area (Å²) in [7, 11) is 0. The van der Waals surface area contributed by atoms with E-state index in [1.54, 1.807) is 11.0 Å². The van der Waals surface area contributed by atoms with Crippen molar-refractivity contribution < 1.29 is 13.9 Å². The van der Waals surface area contributed by atoms with E-state index in [1.165, 1.54) is 0 Å². The van der Waals surface area contributed by atoms with E-state index < -0.39 is 5.60 Å². The zero-order chi connectivity index (χ0) is 16.5. The van der Waals surface area contributed by atoms with Crippen molar-refractivity contribution in [2.75, 3.05) is 6.54 Å². The Morgan fingerprint density at radius 1 is 1.45 bits per heavy atom. The molecule has 1 fully saturated rings. The van der Waals surface area contributed by atoms with Gasteiger partial charge in [0, 0.05) is 12.6 Å². The molecule has 1 aromatic rings. The summed E-state index contributed by atoms with van der Waals surface area (Å²) in [5, 5.41) is 0. The SMILES string of the molecule is Cc1cc(CC2CCCN2C(=O)OC(C)(C)C)cc(F)c1Br. The number of carbonyl (C=O) groups excluding carboxylic acids is 1. The molecule has 3 nitrogen and oxygen atoms in total. The topological polar surface area (TPSA) is 29.5 Å². The molecule has 1 atom stereocenters. The molecule has 122 valence electrons. The first-order valence-electron chi connectivity index (χ1n) is 7.61. The average Bonchev–Trinajstić information content (AvgIpc) is 2.82. The maximum absolute atomic E-state index is 13.8. The monoisotopic (exact) mass is 371 g/mol. The molecule has 0 saturated carbocycles. The number of nitrogens with zero attached hydrogens (tertiary/aromatic N) is 1. The fraction of sp³-hybridized carbons (Fsp3) is 0.588. The van der Waals surface area contributed by atoms with Crippen LogP contribution in [-0.4, -0.2) is 29.2 Å². The molecule has 1 heterocycles. The third-order valence-electron chi connectivity index (χ3n) is 3.75. The summed E-state index contributed by atoms with van der Waals surface area (Å²) < 4.78 is 19.8. The first kappa shape index (κ1) is 17.3. The van der Waals surface area contributed by atoms with Crippen LogP contribution in [0.5, 0.6) is 0 Å². The number of hydrogen-bond donors (Lipinski definition) is 0. The second-order valence-corrected chi connectivity index (χ2v) is 7.68. The van der Waals surface area contributed by atoms with Gasteiger partial charge in [0.25, 0.3) is 0 Å². The third-order valence-corrected chi connectivity index (χ3v) is 4.75. The lowest BCUT2D eigenvalue weighted by molar-refractivity contribution is 0.0227. The number of rotatable bonds is 2. The highest BCUT2D eigenvalue weighted by Gasteiger charge is 2.32. The molecule has 0 spiro atoms. The van der Waals surface area contributed by atoms with Gasteiger partial charge in [-0.3, -0.25) is 0 Å². The molecule has 0 bridgehead atoms. The Balaban J connectivity index is 2.10. The second-order valence-electron chi connectivity index (χ2n) is 6.88. The van der Waals surface area contributed by atoms with Gasteiger partial charge in [-0.25, -0.2) is 9.18 Å². The fourth-order valence-electron chi connectivity index (χ4n) is 2.80. The van der Waals surface area contributed by atoms with Gasteiger partial charge in [-0.05, 0) is 80.1 Å². The van der Waals surface area contributed by atoms with Gasteiger partial charge in [-0.1, -0.05) is 6.07 Å². The largest absolute Gasteiger partial charge is 0.444 e. The van der Waals surface area contributed by atoms with Crippen LogP contribution in [0.15, 0.2) is 16.6 Å². The fourth-order valence-corrected chi connectivity index (χ4v) is 3.03. The minimum absolute atomic E-state index is 0.0785. The van der Waals surface area contributed by atoms with Crippen LogP contribution in [0.4, 0.5) is 9.18 Å². The predicted octanol–water partition coefficient (Wildman–Crippen LogP) is 4.84. The standard InChI is InChI=1S/C17H23BrFNO2/c1-11-8-12(10-14(19)15(11)18)9-13-6-5-7-20(13)16(21)22-17(2,3)4/h8,10,13H,5-7,9H2,1-4H3. The minimum Gasteiger partial charge on any atom is -0.444 e. The number of amides is 1. The zero-order valence-electron chi connectivity index (χ0n) is 13.6. The number of aryl methyl sites for hydroxylation is 1. The van der Waals surface area contributed by atoms with Gasteiger partial charge in [0.2, 0.25) is 0 Å². The maximum atomic E-state index is 13.8. The molecule has 0 radical (unpaired) electrons. The second kappa shape index (κ2) is 6.57. The molecule has 0 aliphatic carbocycles. The summed E-state index contributed by atoms with van der Waals surface area (Å²) in [6.45, 7) is 8.17. The maximum Gasteiger partial charge on any atom is 0.410 e. The van der Waals surface area contributed by atoms with Crippen molar-refractivity contribution in [1.29, 1.82) is 0 Å². The van der Waals surface area contributed by atoms with Crippen molar-refractivity contribution in [3.05, 3.63) is 33.5 Å². The van der Waals surface area contributed by atoms with E-state index in [0.29, 0.717) is 17.4 Å². The number of hydrogen-bond acceptors (Lipinski definition) is 2. The van der Waals surface area contributed by atoms with Gasteiger partial charge >= 0.3 is 6.09 Å². The lowest BCUT2D eigenvalue weighted by Crippen LogP contribution is -2.40. The number of ether oxygens (including phenoxy) is 1. The first-order valence-corrected chi connectivity index (χ1v) is 8.41. The van der Waals surface area contributed by atoms with Crippen LogP contribution in [-0.2, 0) is 11.2 Å². The first-order chi connectivity index (χ1) is 10.2. The number of carbonyl (C=O) groups is 1.